The first kappa shape index (κ1) is 23.1. The van der Waals surface area contributed by atoms with Crippen molar-refractivity contribution in [3.05, 3.63) is 127 Å². The number of furan rings is 1. The summed E-state index contributed by atoms with van der Waals surface area (Å²) in [6, 6.07) is 44.9. The van der Waals surface area contributed by atoms with E-state index < -0.39 is 0 Å². The third-order valence-electron chi connectivity index (χ3n) is 8.63. The van der Waals surface area contributed by atoms with Crippen LogP contribution in [0.2, 0.25) is 0 Å². The maximum absolute atomic E-state index is 6.46. The van der Waals surface area contributed by atoms with Crippen LogP contribution in [0, 0.1) is 0 Å². The lowest BCUT2D eigenvalue weighted by Gasteiger charge is -2.10. The Morgan fingerprint density at radius 1 is 0.558 bits per heavy atom. The minimum atomic E-state index is 0.589. The van der Waals surface area contributed by atoms with Gasteiger partial charge in [0.2, 0.25) is 11.7 Å². The summed E-state index contributed by atoms with van der Waals surface area (Å²) in [6.07, 6.45) is 0. The first-order chi connectivity index (χ1) is 21.3. The summed E-state index contributed by atoms with van der Waals surface area (Å²) in [5.74, 6) is 0.598. The third-order valence-corrected chi connectivity index (χ3v) is 9.85. The predicted octanol–water partition coefficient (Wildman–Crippen LogP) is 10.7. The van der Waals surface area contributed by atoms with Crippen molar-refractivity contribution in [3.8, 4) is 17.2 Å². The molecule has 4 nitrogen and oxygen atoms in total. The Balaban J connectivity index is 1.37. The predicted molar refractivity (Wildman–Crippen MR) is 179 cm³/mol. The van der Waals surface area contributed by atoms with Crippen LogP contribution in [-0.4, -0.2) is 14.5 Å². The van der Waals surface area contributed by atoms with Crippen LogP contribution in [0.3, 0.4) is 0 Å². The first-order valence-corrected chi connectivity index (χ1v) is 15.2. The zero-order chi connectivity index (χ0) is 28.1. The molecule has 200 valence electrons. The number of hydrogen-bond donors (Lipinski definition) is 0. The van der Waals surface area contributed by atoms with Gasteiger partial charge in [-0.1, -0.05) is 97.1 Å². The maximum Gasteiger partial charge on any atom is 0.238 e. The highest BCUT2D eigenvalue weighted by molar-refractivity contribution is 7.26. The number of hydrogen-bond acceptors (Lipinski definition) is 4. The highest BCUT2D eigenvalue weighted by Gasteiger charge is 2.23. The van der Waals surface area contributed by atoms with Crippen LogP contribution in [0.1, 0.15) is 0 Å². The van der Waals surface area contributed by atoms with Gasteiger partial charge in [0.1, 0.15) is 5.58 Å². The fourth-order valence-corrected chi connectivity index (χ4v) is 7.93. The van der Waals surface area contributed by atoms with Crippen LogP contribution in [0.4, 0.5) is 0 Å². The van der Waals surface area contributed by atoms with Crippen molar-refractivity contribution in [3.63, 3.8) is 0 Å². The van der Waals surface area contributed by atoms with Gasteiger partial charge in [-0.15, -0.1) is 11.3 Å². The second kappa shape index (κ2) is 8.51. The van der Waals surface area contributed by atoms with E-state index >= 15 is 0 Å². The Bertz CT molecular complexity index is 2750. The Hall–Kier alpha value is -5.52. The molecule has 0 unspecified atom stereocenters. The Morgan fingerprint density at radius 2 is 1.28 bits per heavy atom. The number of aromatic nitrogens is 3. The largest absolute Gasteiger partial charge is 0.437 e. The molecule has 0 aliphatic carbocycles. The van der Waals surface area contributed by atoms with Gasteiger partial charge >= 0.3 is 0 Å². The van der Waals surface area contributed by atoms with E-state index in [9.17, 15) is 0 Å². The molecule has 0 fully saturated rings. The van der Waals surface area contributed by atoms with Crippen molar-refractivity contribution in [1.29, 1.82) is 0 Å². The van der Waals surface area contributed by atoms with E-state index in [1.807, 2.05) is 29.5 Å². The summed E-state index contributed by atoms with van der Waals surface area (Å²) in [5.41, 5.74) is 5.50. The van der Waals surface area contributed by atoms with Crippen molar-refractivity contribution in [2.24, 2.45) is 0 Å². The monoisotopic (exact) mass is 567 g/mol. The fraction of sp³-hybridized carbons (Fsp3) is 0. The molecule has 0 spiro atoms. The van der Waals surface area contributed by atoms with Crippen LogP contribution >= 0.6 is 11.3 Å². The Labute approximate surface area is 249 Å². The summed E-state index contributed by atoms with van der Waals surface area (Å²) < 4.78 is 11.1. The second-order valence-electron chi connectivity index (χ2n) is 11.0. The van der Waals surface area contributed by atoms with Crippen molar-refractivity contribution in [2.45, 2.75) is 0 Å². The SMILES string of the molecule is c1ccc2cc3c(cc2c1)c1ccccc1n3-c1nc(-c2cccc3c2sc2ccccc23)c2c(n1)oc1ccccc12. The summed E-state index contributed by atoms with van der Waals surface area (Å²) >= 11 is 1.81. The lowest BCUT2D eigenvalue weighted by atomic mass is 10.0. The molecule has 0 amide bonds. The van der Waals surface area contributed by atoms with Crippen LogP contribution < -0.4 is 0 Å². The number of para-hydroxylation sites is 2. The topological polar surface area (TPSA) is 43.9 Å². The zero-order valence-corrected chi connectivity index (χ0v) is 23.6. The molecule has 0 aliphatic rings. The molecule has 10 aromatic rings. The molecule has 43 heavy (non-hydrogen) atoms. The smallest absolute Gasteiger partial charge is 0.238 e. The van der Waals surface area contributed by atoms with Gasteiger partial charge in [-0.3, -0.25) is 4.57 Å². The van der Waals surface area contributed by atoms with Crippen LogP contribution in [-0.2, 0) is 0 Å². The number of thiophene rings is 1. The summed E-state index contributed by atoms with van der Waals surface area (Å²) in [4.78, 5) is 10.6. The van der Waals surface area contributed by atoms with E-state index in [2.05, 4.69) is 114 Å². The lowest BCUT2D eigenvalue weighted by Crippen LogP contribution is -2.03. The molecule has 5 heteroatoms. The van der Waals surface area contributed by atoms with Crippen LogP contribution in [0.15, 0.2) is 132 Å². The average molecular weight is 568 g/mol. The molecule has 0 atom stereocenters. The van der Waals surface area contributed by atoms with Crippen LogP contribution in [0.5, 0.6) is 0 Å². The normalized spacial score (nSPS) is 12.2. The van der Waals surface area contributed by atoms with E-state index in [0.717, 1.165) is 38.6 Å². The van der Waals surface area contributed by atoms with E-state index in [1.165, 1.54) is 41.7 Å². The molecular formula is C38H21N3OS. The van der Waals surface area contributed by atoms with E-state index in [1.54, 1.807) is 0 Å². The Morgan fingerprint density at radius 3 is 2.19 bits per heavy atom. The molecule has 0 bridgehead atoms. The molecule has 4 heterocycles. The summed E-state index contributed by atoms with van der Waals surface area (Å²) in [7, 11) is 0. The molecule has 10 rings (SSSR count). The van der Waals surface area contributed by atoms with Gasteiger partial charge in [-0.2, -0.15) is 4.98 Å². The third kappa shape index (κ3) is 3.20. The highest BCUT2D eigenvalue weighted by Crippen LogP contribution is 2.43. The van der Waals surface area contributed by atoms with Crippen molar-refractivity contribution in [2.75, 3.05) is 0 Å². The lowest BCUT2D eigenvalue weighted by molar-refractivity contribution is 0.651. The van der Waals surface area contributed by atoms with Gasteiger partial charge in [0.25, 0.3) is 0 Å². The first-order valence-electron chi connectivity index (χ1n) is 14.3. The molecule has 4 aromatic heterocycles. The Kier molecular flexibility index (Phi) is 4.57. The van der Waals surface area contributed by atoms with Crippen molar-refractivity contribution < 1.29 is 4.42 Å². The fourth-order valence-electron chi connectivity index (χ4n) is 6.71. The molecule has 0 radical (unpaired) electrons. The second-order valence-corrected chi connectivity index (χ2v) is 12.1. The quantitative estimate of drug-likeness (QED) is 0.209. The van der Waals surface area contributed by atoms with Gasteiger partial charge in [-0.05, 0) is 41.1 Å². The molecule has 6 aromatic carbocycles. The standard InChI is InChI=1S/C38H21N3OS/c1-2-11-23-21-31-29(20-22(23)10-1)24-12-3-6-17-30(24)41(31)38-39-35(34-27-14-4-7-18-32(27)42-37(34)40-38)28-16-9-15-26-25-13-5-8-19-33(25)43-36(26)28/h1-21H. The van der Waals surface area contributed by atoms with Gasteiger partial charge in [0.05, 0.1) is 22.1 Å². The van der Waals surface area contributed by atoms with Crippen LogP contribution in [0.25, 0.3) is 92.0 Å². The van der Waals surface area contributed by atoms with E-state index in [-0.39, 0.29) is 0 Å². The number of benzene rings is 6. The maximum atomic E-state index is 6.46. The van der Waals surface area contributed by atoms with Crippen molar-refractivity contribution >= 4 is 86.2 Å². The molecule has 0 N–H and O–H groups in total. The number of nitrogens with zero attached hydrogens (tertiary/aromatic N) is 3. The van der Waals surface area contributed by atoms with Gasteiger partial charge < -0.3 is 4.42 Å². The zero-order valence-electron chi connectivity index (χ0n) is 22.8. The van der Waals surface area contributed by atoms with E-state index in [4.69, 9.17) is 14.4 Å². The van der Waals surface area contributed by atoms with Gasteiger partial charge in [-0.25, -0.2) is 4.98 Å². The minimum Gasteiger partial charge on any atom is -0.437 e. The van der Waals surface area contributed by atoms with Gasteiger partial charge in [0.15, 0.2) is 0 Å². The summed E-state index contributed by atoms with van der Waals surface area (Å²) in [5, 5.41) is 9.20. The number of fused-ring (bicyclic) bond motifs is 10. The molecule has 0 saturated heterocycles. The summed E-state index contributed by atoms with van der Waals surface area (Å²) in [6.45, 7) is 0. The number of rotatable bonds is 2. The van der Waals surface area contributed by atoms with E-state index in [0.29, 0.717) is 11.7 Å². The minimum absolute atomic E-state index is 0.589. The average Bonchev–Trinajstić information content (AvgIpc) is 3.72. The highest BCUT2D eigenvalue weighted by atomic mass is 32.1. The molecule has 0 aliphatic heterocycles. The molecular weight excluding hydrogens is 547 g/mol. The van der Waals surface area contributed by atoms with Gasteiger partial charge in [0, 0.05) is 41.9 Å². The van der Waals surface area contributed by atoms with Crippen molar-refractivity contribution in [1.82, 2.24) is 14.5 Å². The molecule has 0 saturated carbocycles.